The maximum Gasteiger partial charge on any atom is 0.317 e. The first-order valence-corrected chi connectivity index (χ1v) is 7.33. The van der Waals surface area contributed by atoms with Crippen LogP contribution >= 0.6 is 0 Å². The number of nitrogens with zero attached hydrogens (tertiary/aromatic N) is 1. The van der Waals surface area contributed by atoms with Crippen LogP contribution in [0.3, 0.4) is 0 Å². The van der Waals surface area contributed by atoms with E-state index in [0.29, 0.717) is 12.5 Å². The Kier molecular flexibility index (Phi) is 4.32. The number of hydrogen-bond donors (Lipinski definition) is 2. The molecule has 0 unspecified atom stereocenters. The molecule has 2 N–H and O–H groups in total. The smallest absolute Gasteiger partial charge is 0.317 e. The molecule has 0 aromatic rings. The van der Waals surface area contributed by atoms with Gasteiger partial charge in [0, 0.05) is 13.1 Å². The fourth-order valence-electron chi connectivity index (χ4n) is 2.89. The van der Waals surface area contributed by atoms with E-state index in [2.05, 4.69) is 5.32 Å². The Morgan fingerprint density at radius 3 is 2.37 bits per heavy atom. The van der Waals surface area contributed by atoms with Crippen molar-refractivity contribution in [1.82, 2.24) is 10.2 Å². The van der Waals surface area contributed by atoms with Gasteiger partial charge in [-0.15, -0.1) is 0 Å². The van der Waals surface area contributed by atoms with Gasteiger partial charge in [0.1, 0.15) is 0 Å². The van der Waals surface area contributed by atoms with Crippen molar-refractivity contribution in [1.29, 1.82) is 0 Å². The van der Waals surface area contributed by atoms with Crippen LogP contribution in [0, 0.1) is 5.92 Å². The number of carbonyl (C=O) groups excluding carboxylic acids is 1. The van der Waals surface area contributed by atoms with E-state index >= 15 is 0 Å². The number of carboxylic acid groups (broad SMARTS) is 1. The van der Waals surface area contributed by atoms with Crippen molar-refractivity contribution in [2.75, 3.05) is 13.1 Å². The number of carboxylic acids is 1. The van der Waals surface area contributed by atoms with Gasteiger partial charge in [-0.3, -0.25) is 4.79 Å². The van der Waals surface area contributed by atoms with Gasteiger partial charge in [-0.05, 0) is 44.9 Å². The molecule has 0 spiro atoms. The highest BCUT2D eigenvalue weighted by Crippen LogP contribution is 2.35. The number of nitrogens with one attached hydrogen (secondary N) is 1. The lowest BCUT2D eigenvalue weighted by atomic mass is 9.74. The SMILES string of the molecule is CCN(CC1CCC1)C(=O)NC1(CC(=O)O)CCC1. The molecule has 0 aliphatic heterocycles. The monoisotopic (exact) mass is 268 g/mol. The lowest BCUT2D eigenvalue weighted by Crippen LogP contribution is -2.58. The van der Waals surface area contributed by atoms with E-state index in [1.807, 2.05) is 11.8 Å². The number of urea groups is 1. The van der Waals surface area contributed by atoms with Gasteiger partial charge in [-0.1, -0.05) is 6.42 Å². The quantitative estimate of drug-likeness (QED) is 0.776. The molecule has 0 heterocycles. The Morgan fingerprint density at radius 2 is 2.00 bits per heavy atom. The molecule has 2 amide bonds. The van der Waals surface area contributed by atoms with E-state index in [1.54, 1.807) is 0 Å². The molecule has 108 valence electrons. The maximum atomic E-state index is 12.3. The molecule has 2 saturated carbocycles. The van der Waals surface area contributed by atoms with Gasteiger partial charge in [0.15, 0.2) is 0 Å². The molecule has 2 fully saturated rings. The molecular formula is C14H24N2O3. The number of aliphatic carboxylic acids is 1. The average Bonchev–Trinajstić information content (AvgIpc) is 2.24. The first kappa shape index (κ1) is 14.2. The van der Waals surface area contributed by atoms with Crippen LogP contribution in [0.4, 0.5) is 4.79 Å². The summed E-state index contributed by atoms with van der Waals surface area (Å²) in [5, 5.41) is 11.9. The van der Waals surface area contributed by atoms with Gasteiger partial charge in [0.25, 0.3) is 0 Å². The van der Waals surface area contributed by atoms with Crippen LogP contribution < -0.4 is 5.32 Å². The van der Waals surface area contributed by atoms with Crippen LogP contribution in [0.2, 0.25) is 0 Å². The summed E-state index contributed by atoms with van der Waals surface area (Å²) in [6.45, 7) is 3.47. The first-order valence-electron chi connectivity index (χ1n) is 7.33. The highest BCUT2D eigenvalue weighted by atomic mass is 16.4. The summed E-state index contributed by atoms with van der Waals surface area (Å²) >= 11 is 0. The van der Waals surface area contributed by atoms with Crippen LogP contribution in [-0.4, -0.2) is 40.6 Å². The second-order valence-electron chi connectivity index (χ2n) is 5.97. The van der Waals surface area contributed by atoms with E-state index in [1.165, 1.54) is 19.3 Å². The number of hydrogen-bond acceptors (Lipinski definition) is 2. The van der Waals surface area contributed by atoms with E-state index in [9.17, 15) is 9.59 Å². The molecule has 0 aromatic heterocycles. The molecule has 0 bridgehead atoms. The minimum absolute atomic E-state index is 0.0414. The molecule has 2 aliphatic carbocycles. The topological polar surface area (TPSA) is 69.6 Å². The maximum absolute atomic E-state index is 12.3. The Morgan fingerprint density at radius 1 is 1.32 bits per heavy atom. The average molecular weight is 268 g/mol. The molecule has 0 atom stereocenters. The highest BCUT2D eigenvalue weighted by molar-refractivity contribution is 5.77. The third-order valence-corrected chi connectivity index (χ3v) is 4.54. The first-order chi connectivity index (χ1) is 9.04. The third-order valence-electron chi connectivity index (χ3n) is 4.54. The normalized spacial score (nSPS) is 21.1. The summed E-state index contributed by atoms with van der Waals surface area (Å²) in [4.78, 5) is 25.0. The van der Waals surface area contributed by atoms with Crippen molar-refractivity contribution < 1.29 is 14.7 Å². The van der Waals surface area contributed by atoms with Gasteiger partial charge >= 0.3 is 12.0 Å². The van der Waals surface area contributed by atoms with Crippen molar-refractivity contribution in [2.24, 2.45) is 5.92 Å². The Bertz CT molecular complexity index is 349. The van der Waals surface area contributed by atoms with Crippen molar-refractivity contribution in [3.63, 3.8) is 0 Å². The van der Waals surface area contributed by atoms with Crippen molar-refractivity contribution in [2.45, 2.75) is 57.4 Å². The lowest BCUT2D eigenvalue weighted by Gasteiger charge is -2.43. The predicted octanol–water partition coefficient (Wildman–Crippen LogP) is 2.22. The van der Waals surface area contributed by atoms with Gasteiger partial charge in [0.2, 0.25) is 0 Å². The molecule has 5 heteroatoms. The summed E-state index contributed by atoms with van der Waals surface area (Å²) in [5.74, 6) is -0.190. The van der Waals surface area contributed by atoms with Gasteiger partial charge in [0.05, 0.1) is 12.0 Å². The van der Waals surface area contributed by atoms with Crippen LogP contribution in [0.1, 0.15) is 51.9 Å². The molecule has 0 radical (unpaired) electrons. The van der Waals surface area contributed by atoms with E-state index < -0.39 is 11.5 Å². The minimum atomic E-state index is -0.831. The van der Waals surface area contributed by atoms with Crippen molar-refractivity contribution in [3.8, 4) is 0 Å². The molecular weight excluding hydrogens is 244 g/mol. The van der Waals surface area contributed by atoms with Gasteiger partial charge in [-0.2, -0.15) is 0 Å². The highest BCUT2D eigenvalue weighted by Gasteiger charge is 2.41. The summed E-state index contributed by atoms with van der Waals surface area (Å²) < 4.78 is 0. The zero-order valence-corrected chi connectivity index (χ0v) is 11.7. The Labute approximate surface area is 114 Å². The summed E-state index contributed by atoms with van der Waals surface area (Å²) in [5.41, 5.74) is -0.490. The van der Waals surface area contributed by atoms with Crippen LogP contribution in [0.15, 0.2) is 0 Å². The number of carbonyl (C=O) groups is 2. The number of amides is 2. The third kappa shape index (κ3) is 3.39. The largest absolute Gasteiger partial charge is 0.481 e. The van der Waals surface area contributed by atoms with Crippen LogP contribution in [-0.2, 0) is 4.79 Å². The van der Waals surface area contributed by atoms with E-state index in [4.69, 9.17) is 5.11 Å². The number of rotatable bonds is 6. The fraction of sp³-hybridized carbons (Fsp3) is 0.857. The van der Waals surface area contributed by atoms with Crippen molar-refractivity contribution >= 4 is 12.0 Å². The van der Waals surface area contributed by atoms with E-state index in [-0.39, 0.29) is 12.5 Å². The molecule has 0 saturated heterocycles. The van der Waals surface area contributed by atoms with Gasteiger partial charge in [-0.25, -0.2) is 4.79 Å². The Balaban J connectivity index is 1.87. The molecule has 19 heavy (non-hydrogen) atoms. The summed E-state index contributed by atoms with van der Waals surface area (Å²) in [6.07, 6.45) is 6.31. The zero-order valence-electron chi connectivity index (χ0n) is 11.7. The lowest BCUT2D eigenvalue weighted by molar-refractivity contribution is -0.139. The van der Waals surface area contributed by atoms with Crippen molar-refractivity contribution in [3.05, 3.63) is 0 Å². The van der Waals surface area contributed by atoms with Crippen LogP contribution in [0.5, 0.6) is 0 Å². The minimum Gasteiger partial charge on any atom is -0.481 e. The van der Waals surface area contributed by atoms with Crippen LogP contribution in [0.25, 0.3) is 0 Å². The zero-order chi connectivity index (χ0) is 13.9. The molecule has 0 aromatic carbocycles. The molecule has 5 nitrogen and oxygen atoms in total. The molecule has 2 aliphatic rings. The summed E-state index contributed by atoms with van der Waals surface area (Å²) in [6, 6.07) is -0.0876. The van der Waals surface area contributed by atoms with Gasteiger partial charge < -0.3 is 15.3 Å². The second kappa shape index (κ2) is 5.80. The fourth-order valence-corrected chi connectivity index (χ4v) is 2.89. The Hall–Kier alpha value is -1.26. The summed E-state index contributed by atoms with van der Waals surface area (Å²) in [7, 11) is 0. The predicted molar refractivity (Wildman–Crippen MR) is 72.0 cm³/mol. The standard InChI is InChI=1S/C14H24N2O3/c1-2-16(10-11-5-3-6-11)13(19)15-14(7-4-8-14)9-12(17)18/h11H,2-10H2,1H3,(H,15,19)(H,17,18). The second-order valence-corrected chi connectivity index (χ2v) is 5.97. The molecule has 2 rings (SSSR count). The van der Waals surface area contributed by atoms with E-state index in [0.717, 1.165) is 25.8 Å².